The van der Waals surface area contributed by atoms with Gasteiger partial charge in [0.1, 0.15) is 19.8 Å². The minimum Gasteiger partial charge on any atom is -0.756 e. The Morgan fingerprint density at radius 2 is 0.952 bits per heavy atom. The molecule has 62 heavy (non-hydrogen) atoms. The molecule has 2 atom stereocenters. The highest BCUT2D eigenvalue weighted by Gasteiger charge is 2.21. The van der Waals surface area contributed by atoms with Gasteiger partial charge in [0.05, 0.1) is 27.7 Å². The number of rotatable bonds is 43. The molecule has 0 aliphatic carbocycles. The fourth-order valence-corrected chi connectivity index (χ4v) is 6.87. The second-order valence-corrected chi connectivity index (χ2v) is 18.5. The zero-order chi connectivity index (χ0) is 45.7. The lowest BCUT2D eigenvalue weighted by Crippen LogP contribution is -2.37. The van der Waals surface area contributed by atoms with Crippen LogP contribution in [0.5, 0.6) is 0 Å². The minimum atomic E-state index is -4.65. The van der Waals surface area contributed by atoms with Crippen LogP contribution in [0.3, 0.4) is 0 Å². The molecule has 0 heterocycles. The third-order valence-electron chi connectivity index (χ3n) is 9.91. The maximum absolute atomic E-state index is 12.7. The topological polar surface area (TPSA) is 111 Å². The summed E-state index contributed by atoms with van der Waals surface area (Å²) in [4.78, 5) is 37.6. The number of likely N-dealkylation sites (N-methyl/N-ethyl adjacent to an activating group) is 1. The Bertz CT molecular complexity index is 1330. The molecule has 356 valence electrons. The highest BCUT2D eigenvalue weighted by atomic mass is 31.2. The lowest BCUT2D eigenvalue weighted by Gasteiger charge is -2.28. The van der Waals surface area contributed by atoms with Crippen molar-refractivity contribution in [2.24, 2.45) is 0 Å². The lowest BCUT2D eigenvalue weighted by atomic mass is 10.1. The van der Waals surface area contributed by atoms with Gasteiger partial charge in [-0.3, -0.25) is 14.2 Å². The Kier molecular flexibility index (Phi) is 41.5. The van der Waals surface area contributed by atoms with Crippen molar-refractivity contribution in [3.8, 4) is 0 Å². The first-order chi connectivity index (χ1) is 30.0. The molecular formula is C52H90NO8P. The normalized spacial score (nSPS) is 14.2. The van der Waals surface area contributed by atoms with Crippen LogP contribution in [0.2, 0.25) is 0 Å². The molecule has 0 rings (SSSR count). The Labute approximate surface area is 380 Å². The fraction of sp³-hybridized carbons (Fsp3) is 0.692. The summed E-state index contributed by atoms with van der Waals surface area (Å²) < 4.78 is 33.9. The van der Waals surface area contributed by atoms with E-state index < -0.39 is 32.5 Å². The average molecular weight is 888 g/mol. The first-order valence-corrected chi connectivity index (χ1v) is 25.8. The monoisotopic (exact) mass is 888 g/mol. The first kappa shape index (κ1) is 59.2. The number of carbonyl (C=O) groups is 2. The molecule has 0 aliphatic rings. The molecule has 0 aromatic heterocycles. The molecule has 0 bridgehead atoms. The highest BCUT2D eigenvalue weighted by molar-refractivity contribution is 7.45. The molecule has 0 radical (unpaired) electrons. The number of phosphoric ester groups is 1. The van der Waals surface area contributed by atoms with Crippen molar-refractivity contribution < 1.29 is 42.1 Å². The Morgan fingerprint density at radius 1 is 0.516 bits per heavy atom. The van der Waals surface area contributed by atoms with Crippen molar-refractivity contribution in [3.05, 3.63) is 85.1 Å². The maximum atomic E-state index is 12.7. The third-order valence-corrected chi connectivity index (χ3v) is 10.9. The minimum absolute atomic E-state index is 0.0487. The maximum Gasteiger partial charge on any atom is 0.306 e. The van der Waals surface area contributed by atoms with E-state index in [0.717, 1.165) is 57.8 Å². The summed E-state index contributed by atoms with van der Waals surface area (Å²) in [6.45, 7) is 4.02. The van der Waals surface area contributed by atoms with Gasteiger partial charge in [0, 0.05) is 12.8 Å². The van der Waals surface area contributed by atoms with E-state index in [1.807, 2.05) is 33.3 Å². The number of phosphoric acid groups is 1. The van der Waals surface area contributed by atoms with Crippen molar-refractivity contribution >= 4 is 19.8 Å². The first-order valence-electron chi connectivity index (χ1n) is 24.3. The smallest absolute Gasteiger partial charge is 0.306 e. The largest absolute Gasteiger partial charge is 0.756 e. The number of nitrogens with zero attached hydrogens (tertiary/aromatic N) is 1. The highest BCUT2D eigenvalue weighted by Crippen LogP contribution is 2.38. The van der Waals surface area contributed by atoms with Crippen molar-refractivity contribution in [2.75, 3.05) is 47.5 Å². The number of quaternary nitrogens is 1. The Morgan fingerprint density at radius 3 is 1.44 bits per heavy atom. The van der Waals surface area contributed by atoms with Crippen LogP contribution in [0.1, 0.15) is 181 Å². The van der Waals surface area contributed by atoms with Gasteiger partial charge in [0.25, 0.3) is 7.82 Å². The molecule has 10 heteroatoms. The van der Waals surface area contributed by atoms with E-state index in [1.165, 1.54) is 83.5 Å². The fourth-order valence-electron chi connectivity index (χ4n) is 6.15. The summed E-state index contributed by atoms with van der Waals surface area (Å²) >= 11 is 0. The summed E-state index contributed by atoms with van der Waals surface area (Å²) in [5.41, 5.74) is 0. The van der Waals surface area contributed by atoms with Gasteiger partial charge in [0.2, 0.25) is 0 Å². The van der Waals surface area contributed by atoms with Crippen LogP contribution in [0.25, 0.3) is 0 Å². The molecule has 0 aliphatic heterocycles. The molecule has 0 aromatic rings. The number of allylic oxidation sites excluding steroid dienone is 14. The van der Waals surface area contributed by atoms with Crippen molar-refractivity contribution in [3.63, 3.8) is 0 Å². The van der Waals surface area contributed by atoms with Gasteiger partial charge in [-0.1, -0.05) is 176 Å². The quantitative estimate of drug-likeness (QED) is 0.0196. The predicted octanol–water partition coefficient (Wildman–Crippen LogP) is 13.7. The number of unbranched alkanes of at least 4 members (excludes halogenated alkanes) is 15. The van der Waals surface area contributed by atoms with Crippen LogP contribution in [0, 0.1) is 0 Å². The van der Waals surface area contributed by atoms with E-state index in [0.29, 0.717) is 23.9 Å². The Balaban J connectivity index is 4.42. The predicted molar refractivity (Wildman–Crippen MR) is 259 cm³/mol. The Hall–Kier alpha value is -2.81. The molecule has 0 saturated heterocycles. The average Bonchev–Trinajstić information content (AvgIpc) is 3.23. The second kappa shape index (κ2) is 43.4. The van der Waals surface area contributed by atoms with Gasteiger partial charge in [-0.15, -0.1) is 0 Å². The molecule has 0 saturated carbocycles. The van der Waals surface area contributed by atoms with Crippen LogP contribution >= 0.6 is 7.82 Å². The molecule has 0 N–H and O–H groups in total. The molecule has 0 aromatic carbocycles. The SMILES string of the molecule is CC/C=C\C/C=C\C/C=C\C/C=C\C/C=C\C/C=C\CCC(=O)OC(COC(=O)CCCCCCCCCCC/C=C\CCCCCCCC)COP(=O)([O-])OCC[N+](C)(C)C. The van der Waals surface area contributed by atoms with Gasteiger partial charge in [-0.25, -0.2) is 0 Å². The zero-order valence-electron chi connectivity index (χ0n) is 40.0. The van der Waals surface area contributed by atoms with Gasteiger partial charge in [-0.2, -0.15) is 0 Å². The number of ether oxygens (including phenoxy) is 2. The van der Waals surface area contributed by atoms with E-state index >= 15 is 0 Å². The van der Waals surface area contributed by atoms with Gasteiger partial charge >= 0.3 is 11.9 Å². The summed E-state index contributed by atoms with van der Waals surface area (Å²) in [5.74, 6) is -0.939. The molecule has 2 unspecified atom stereocenters. The van der Waals surface area contributed by atoms with Gasteiger partial charge < -0.3 is 27.9 Å². The number of esters is 2. The summed E-state index contributed by atoms with van der Waals surface area (Å²) in [5, 5.41) is 0. The summed E-state index contributed by atoms with van der Waals surface area (Å²) in [6.07, 6.45) is 56.3. The molecular weight excluding hydrogens is 798 g/mol. The van der Waals surface area contributed by atoms with Gasteiger partial charge in [-0.05, 0) is 77.0 Å². The van der Waals surface area contributed by atoms with Crippen molar-refractivity contribution in [1.82, 2.24) is 0 Å². The van der Waals surface area contributed by atoms with E-state index in [9.17, 15) is 19.0 Å². The van der Waals surface area contributed by atoms with E-state index in [4.69, 9.17) is 18.5 Å². The van der Waals surface area contributed by atoms with Gasteiger partial charge in [0.15, 0.2) is 6.10 Å². The van der Waals surface area contributed by atoms with E-state index in [1.54, 1.807) is 0 Å². The number of hydrogen-bond donors (Lipinski definition) is 0. The van der Waals surface area contributed by atoms with Crippen LogP contribution in [-0.2, 0) is 32.7 Å². The lowest BCUT2D eigenvalue weighted by molar-refractivity contribution is -0.870. The third kappa shape index (κ3) is 46.7. The molecule has 0 fully saturated rings. The van der Waals surface area contributed by atoms with E-state index in [2.05, 4.69) is 86.8 Å². The molecule has 0 spiro atoms. The molecule has 9 nitrogen and oxygen atoms in total. The number of hydrogen-bond acceptors (Lipinski definition) is 8. The number of carbonyl (C=O) groups excluding carboxylic acids is 2. The van der Waals surface area contributed by atoms with Crippen LogP contribution in [0.15, 0.2) is 85.1 Å². The van der Waals surface area contributed by atoms with E-state index in [-0.39, 0.29) is 26.1 Å². The van der Waals surface area contributed by atoms with Crippen LogP contribution in [0.4, 0.5) is 0 Å². The van der Waals surface area contributed by atoms with Crippen LogP contribution < -0.4 is 4.89 Å². The van der Waals surface area contributed by atoms with Crippen molar-refractivity contribution in [1.29, 1.82) is 0 Å². The standard InChI is InChI=1S/C52H90NO8P/c1-6-8-10-12-14-16-18-20-22-24-26-28-30-32-34-36-38-40-42-44-51(54)58-48-50(49-60-62(56,57)59-47-46-53(3,4)5)61-52(55)45-43-41-39-37-35-33-31-29-27-25-23-21-19-17-15-13-11-9-7-2/h9,11,15,17,20-23,27,29,33,35,39,41,50H,6-8,10,12-14,16,18-19,24-26,28,30-32,34,36-38,40,42-49H2,1-5H3/b11-9-,17-15-,22-20-,23-21-,29-27-,35-33-,41-39-. The molecule has 0 amide bonds. The summed E-state index contributed by atoms with van der Waals surface area (Å²) in [6, 6.07) is 0. The van der Waals surface area contributed by atoms with Crippen LogP contribution in [-0.4, -0.2) is 70.0 Å². The second-order valence-electron chi connectivity index (χ2n) is 17.1. The zero-order valence-corrected chi connectivity index (χ0v) is 40.9. The van der Waals surface area contributed by atoms with Crippen molar-refractivity contribution in [2.45, 2.75) is 187 Å². The summed E-state index contributed by atoms with van der Waals surface area (Å²) in [7, 11) is 1.11.